The third kappa shape index (κ3) is 7.31. The van der Waals surface area contributed by atoms with Gasteiger partial charge in [0.05, 0.1) is 0 Å². The first-order valence-electron chi connectivity index (χ1n) is 8.61. The van der Waals surface area contributed by atoms with E-state index in [1.165, 1.54) is 64.7 Å². The number of unbranched alkanes of at least 4 members (excludes halogenated alkanes) is 1. The van der Waals surface area contributed by atoms with Crippen LogP contribution in [0.1, 0.15) is 66.2 Å². The molecular formula is C17H36N2. The van der Waals surface area contributed by atoms with E-state index in [4.69, 9.17) is 0 Å². The molecule has 1 N–H and O–H groups in total. The summed E-state index contributed by atoms with van der Waals surface area (Å²) in [7, 11) is 0. The van der Waals surface area contributed by atoms with Crippen molar-refractivity contribution in [3.8, 4) is 0 Å². The van der Waals surface area contributed by atoms with Gasteiger partial charge in [-0.2, -0.15) is 0 Å². The Labute approximate surface area is 121 Å². The predicted octanol–water partition coefficient (Wildman–Crippen LogP) is 3.91. The third-order valence-electron chi connectivity index (χ3n) is 4.38. The summed E-state index contributed by atoms with van der Waals surface area (Å²) >= 11 is 0. The molecule has 1 saturated heterocycles. The van der Waals surface area contributed by atoms with Gasteiger partial charge in [-0.1, -0.05) is 47.0 Å². The summed E-state index contributed by atoms with van der Waals surface area (Å²) < 4.78 is 0. The summed E-state index contributed by atoms with van der Waals surface area (Å²) in [5.74, 6) is 1.72. The van der Waals surface area contributed by atoms with Gasteiger partial charge in [0, 0.05) is 19.1 Å². The van der Waals surface area contributed by atoms with E-state index >= 15 is 0 Å². The molecule has 1 aliphatic heterocycles. The first-order valence-corrected chi connectivity index (χ1v) is 8.61. The molecule has 0 radical (unpaired) electrons. The molecule has 0 saturated carbocycles. The van der Waals surface area contributed by atoms with Gasteiger partial charge in [0.25, 0.3) is 0 Å². The second-order valence-electron chi connectivity index (χ2n) is 6.81. The molecule has 0 amide bonds. The Balaban J connectivity index is 2.40. The van der Waals surface area contributed by atoms with Gasteiger partial charge in [-0.3, -0.25) is 0 Å². The van der Waals surface area contributed by atoms with E-state index in [1.54, 1.807) is 0 Å². The number of hydrogen-bond donors (Lipinski definition) is 1. The van der Waals surface area contributed by atoms with Crippen molar-refractivity contribution in [2.45, 2.75) is 72.3 Å². The number of nitrogens with zero attached hydrogens (tertiary/aromatic N) is 1. The van der Waals surface area contributed by atoms with Crippen LogP contribution >= 0.6 is 0 Å². The Morgan fingerprint density at radius 3 is 2.68 bits per heavy atom. The first kappa shape index (κ1) is 17.0. The first-order chi connectivity index (χ1) is 9.15. The highest BCUT2D eigenvalue weighted by atomic mass is 15.2. The van der Waals surface area contributed by atoms with Crippen molar-refractivity contribution in [1.82, 2.24) is 10.2 Å². The fourth-order valence-electron chi connectivity index (χ4n) is 3.25. The van der Waals surface area contributed by atoms with Crippen LogP contribution in [-0.2, 0) is 0 Å². The average molecular weight is 268 g/mol. The molecule has 0 aromatic heterocycles. The highest BCUT2D eigenvalue weighted by molar-refractivity contribution is 4.78. The van der Waals surface area contributed by atoms with Crippen molar-refractivity contribution in [3.63, 3.8) is 0 Å². The summed E-state index contributed by atoms with van der Waals surface area (Å²) in [6.45, 7) is 14.4. The lowest BCUT2D eigenvalue weighted by atomic mass is 9.98. The van der Waals surface area contributed by atoms with Gasteiger partial charge < -0.3 is 10.2 Å². The average Bonchev–Trinajstić information content (AvgIpc) is 2.58. The smallest absolute Gasteiger partial charge is 0.0197 e. The van der Waals surface area contributed by atoms with E-state index in [9.17, 15) is 0 Å². The van der Waals surface area contributed by atoms with Crippen molar-refractivity contribution >= 4 is 0 Å². The van der Waals surface area contributed by atoms with Crippen LogP contribution in [0.4, 0.5) is 0 Å². The zero-order valence-corrected chi connectivity index (χ0v) is 13.8. The maximum Gasteiger partial charge on any atom is 0.0197 e. The molecule has 0 aliphatic carbocycles. The van der Waals surface area contributed by atoms with Gasteiger partial charge in [-0.25, -0.2) is 0 Å². The van der Waals surface area contributed by atoms with Gasteiger partial charge in [-0.15, -0.1) is 0 Å². The number of nitrogens with one attached hydrogen (secondary N) is 1. The topological polar surface area (TPSA) is 15.3 Å². The summed E-state index contributed by atoms with van der Waals surface area (Å²) in [5, 5.41) is 3.74. The van der Waals surface area contributed by atoms with E-state index in [-0.39, 0.29) is 0 Å². The molecule has 2 heteroatoms. The molecule has 114 valence electrons. The van der Waals surface area contributed by atoms with E-state index in [2.05, 4.69) is 37.9 Å². The molecule has 1 fully saturated rings. The Morgan fingerprint density at radius 2 is 2.05 bits per heavy atom. The second-order valence-corrected chi connectivity index (χ2v) is 6.81. The van der Waals surface area contributed by atoms with Crippen molar-refractivity contribution in [3.05, 3.63) is 0 Å². The molecule has 2 nitrogen and oxygen atoms in total. The van der Waals surface area contributed by atoms with Gasteiger partial charge in [-0.05, 0) is 44.2 Å². The zero-order chi connectivity index (χ0) is 14.1. The van der Waals surface area contributed by atoms with Gasteiger partial charge in [0.2, 0.25) is 0 Å². The van der Waals surface area contributed by atoms with Crippen molar-refractivity contribution in [2.75, 3.05) is 26.2 Å². The molecule has 19 heavy (non-hydrogen) atoms. The lowest BCUT2D eigenvalue weighted by Gasteiger charge is -2.29. The third-order valence-corrected chi connectivity index (χ3v) is 4.38. The summed E-state index contributed by atoms with van der Waals surface area (Å²) in [5.41, 5.74) is 0. The summed E-state index contributed by atoms with van der Waals surface area (Å²) in [6, 6.07) is 0.714. The quantitative estimate of drug-likeness (QED) is 0.718. The Kier molecular flexibility index (Phi) is 8.72. The molecule has 1 heterocycles. The lowest BCUT2D eigenvalue weighted by molar-refractivity contribution is 0.208. The van der Waals surface area contributed by atoms with Crippen LogP contribution in [0.15, 0.2) is 0 Å². The van der Waals surface area contributed by atoms with Crippen LogP contribution in [0.3, 0.4) is 0 Å². The zero-order valence-electron chi connectivity index (χ0n) is 13.8. The van der Waals surface area contributed by atoms with Gasteiger partial charge in [0.15, 0.2) is 0 Å². The molecule has 2 unspecified atom stereocenters. The van der Waals surface area contributed by atoms with E-state index < -0.39 is 0 Å². The van der Waals surface area contributed by atoms with Gasteiger partial charge >= 0.3 is 0 Å². The number of rotatable bonds is 8. The molecule has 0 aromatic rings. The Bertz CT molecular complexity index is 215. The maximum atomic E-state index is 3.74. The molecule has 1 aliphatic rings. The van der Waals surface area contributed by atoms with Crippen molar-refractivity contribution < 1.29 is 0 Å². The van der Waals surface area contributed by atoms with Crippen LogP contribution in [0.5, 0.6) is 0 Å². The summed E-state index contributed by atoms with van der Waals surface area (Å²) in [4.78, 5) is 2.73. The van der Waals surface area contributed by atoms with E-state index in [0.717, 1.165) is 11.8 Å². The monoisotopic (exact) mass is 268 g/mol. The van der Waals surface area contributed by atoms with Crippen molar-refractivity contribution in [2.24, 2.45) is 11.8 Å². The lowest BCUT2D eigenvalue weighted by Crippen LogP contribution is -2.40. The maximum absolute atomic E-state index is 3.74. The minimum atomic E-state index is 0.714. The second kappa shape index (κ2) is 9.77. The summed E-state index contributed by atoms with van der Waals surface area (Å²) in [6.07, 6.45) is 8.15. The van der Waals surface area contributed by atoms with E-state index in [1.807, 2.05) is 0 Å². The Morgan fingerprint density at radius 1 is 1.26 bits per heavy atom. The fraction of sp³-hybridized carbons (Fsp3) is 1.00. The van der Waals surface area contributed by atoms with E-state index in [0.29, 0.717) is 6.04 Å². The molecule has 0 spiro atoms. The largest absolute Gasteiger partial charge is 0.313 e. The van der Waals surface area contributed by atoms with Gasteiger partial charge in [0.1, 0.15) is 0 Å². The molecule has 2 atom stereocenters. The minimum Gasteiger partial charge on any atom is -0.313 e. The van der Waals surface area contributed by atoms with Crippen LogP contribution in [-0.4, -0.2) is 37.1 Å². The fourth-order valence-corrected chi connectivity index (χ4v) is 3.25. The Hall–Kier alpha value is -0.0800. The highest BCUT2D eigenvalue weighted by Gasteiger charge is 2.20. The van der Waals surface area contributed by atoms with Crippen LogP contribution < -0.4 is 5.32 Å². The highest BCUT2D eigenvalue weighted by Crippen LogP contribution is 2.17. The SMILES string of the molecule is CCCCC(CC)CN1CCCNC(CC(C)C)C1. The number of hydrogen-bond acceptors (Lipinski definition) is 2. The minimum absolute atomic E-state index is 0.714. The molecular weight excluding hydrogens is 232 g/mol. The normalized spacial score (nSPS) is 23.5. The molecule has 0 bridgehead atoms. The molecule has 0 aromatic carbocycles. The predicted molar refractivity (Wildman–Crippen MR) is 85.6 cm³/mol. The van der Waals surface area contributed by atoms with Crippen LogP contribution in [0.2, 0.25) is 0 Å². The molecule has 1 rings (SSSR count). The standard InChI is InChI=1S/C17H36N2/c1-5-7-9-16(6-2)13-19-11-8-10-18-17(14-19)12-15(3)4/h15-18H,5-14H2,1-4H3. The van der Waals surface area contributed by atoms with Crippen LogP contribution in [0, 0.1) is 11.8 Å². The van der Waals surface area contributed by atoms with Crippen LogP contribution in [0.25, 0.3) is 0 Å². The van der Waals surface area contributed by atoms with Crippen molar-refractivity contribution in [1.29, 1.82) is 0 Å².